The molecule has 1 unspecified atom stereocenters. The third-order valence-corrected chi connectivity index (χ3v) is 6.30. The number of nitrogens with two attached hydrogens (primary N) is 1. The molecule has 0 saturated carbocycles. The second kappa shape index (κ2) is 8.46. The lowest BCUT2D eigenvalue weighted by Gasteiger charge is -2.33. The molecule has 32 heavy (non-hydrogen) atoms. The number of aromatic nitrogens is 3. The number of fused-ring (bicyclic) bond motifs is 1. The van der Waals surface area contributed by atoms with Crippen LogP contribution in [0.2, 0.25) is 0 Å². The van der Waals surface area contributed by atoms with Crippen molar-refractivity contribution < 1.29 is 4.79 Å². The first-order valence-corrected chi connectivity index (χ1v) is 11.1. The van der Waals surface area contributed by atoms with E-state index in [1.807, 2.05) is 48.4 Å². The summed E-state index contributed by atoms with van der Waals surface area (Å²) in [5.41, 5.74) is 12.0. The van der Waals surface area contributed by atoms with Gasteiger partial charge >= 0.3 is 0 Å². The SMILES string of the molecule is Cc1cc(-c2ccc(N)nc2)cc(C2CCCN(C(=O)Cc3c[nH]c4ccccc34)C2)n1. The number of benzene rings is 1. The largest absolute Gasteiger partial charge is 0.384 e. The van der Waals surface area contributed by atoms with Gasteiger partial charge in [-0.25, -0.2) is 4.98 Å². The van der Waals surface area contributed by atoms with Crippen molar-refractivity contribution >= 4 is 22.6 Å². The lowest BCUT2D eigenvalue weighted by Crippen LogP contribution is -2.40. The monoisotopic (exact) mass is 425 g/mol. The predicted molar refractivity (Wildman–Crippen MR) is 127 cm³/mol. The van der Waals surface area contributed by atoms with Crippen LogP contribution in [0.25, 0.3) is 22.0 Å². The highest BCUT2D eigenvalue weighted by Crippen LogP contribution is 2.30. The minimum Gasteiger partial charge on any atom is -0.384 e. The van der Waals surface area contributed by atoms with Gasteiger partial charge in [-0.1, -0.05) is 18.2 Å². The summed E-state index contributed by atoms with van der Waals surface area (Å²) in [5, 5.41) is 1.12. The Bertz CT molecular complexity index is 1260. The first-order valence-electron chi connectivity index (χ1n) is 11.1. The second-order valence-electron chi connectivity index (χ2n) is 8.61. The number of nitrogens with one attached hydrogen (secondary N) is 1. The van der Waals surface area contributed by atoms with Gasteiger partial charge in [-0.2, -0.15) is 0 Å². The maximum Gasteiger partial charge on any atom is 0.227 e. The third-order valence-electron chi connectivity index (χ3n) is 6.30. The average molecular weight is 426 g/mol. The molecule has 0 spiro atoms. The Hall–Kier alpha value is -3.67. The molecule has 3 aromatic heterocycles. The van der Waals surface area contributed by atoms with Crippen molar-refractivity contribution in [1.82, 2.24) is 19.9 Å². The molecule has 6 heteroatoms. The molecule has 162 valence electrons. The number of anilines is 1. The van der Waals surface area contributed by atoms with E-state index in [0.717, 1.165) is 58.4 Å². The maximum atomic E-state index is 13.1. The number of aromatic amines is 1. The Morgan fingerprint density at radius 2 is 2.06 bits per heavy atom. The number of nitrogen functional groups attached to an aromatic ring is 1. The van der Waals surface area contributed by atoms with E-state index in [1.54, 1.807) is 6.20 Å². The molecule has 1 atom stereocenters. The molecule has 5 rings (SSSR count). The minimum atomic E-state index is 0.176. The number of nitrogens with zero attached hydrogens (tertiary/aromatic N) is 3. The van der Waals surface area contributed by atoms with Gasteiger partial charge in [0.2, 0.25) is 5.91 Å². The molecule has 4 heterocycles. The molecule has 0 aliphatic carbocycles. The van der Waals surface area contributed by atoms with Gasteiger partial charge in [0.05, 0.1) is 6.42 Å². The van der Waals surface area contributed by atoms with Gasteiger partial charge in [0, 0.05) is 59.3 Å². The van der Waals surface area contributed by atoms with Crippen LogP contribution < -0.4 is 5.73 Å². The molecule has 6 nitrogen and oxygen atoms in total. The zero-order valence-electron chi connectivity index (χ0n) is 18.2. The van der Waals surface area contributed by atoms with Crippen LogP contribution >= 0.6 is 0 Å². The number of pyridine rings is 2. The summed E-state index contributed by atoms with van der Waals surface area (Å²) >= 11 is 0. The van der Waals surface area contributed by atoms with E-state index in [0.29, 0.717) is 18.8 Å². The summed E-state index contributed by atoms with van der Waals surface area (Å²) in [5.74, 6) is 0.919. The number of hydrogen-bond acceptors (Lipinski definition) is 4. The molecule has 1 aliphatic rings. The van der Waals surface area contributed by atoms with Gasteiger partial charge in [0.25, 0.3) is 0 Å². The molecule has 1 aromatic carbocycles. The molecule has 1 amide bonds. The summed E-state index contributed by atoms with van der Waals surface area (Å²) in [6, 6.07) is 16.1. The standard InChI is InChI=1S/C26H27N5O/c1-17-11-20(18-8-9-25(27)29-14-18)12-24(30-17)19-5-4-10-31(16-19)26(32)13-21-15-28-23-7-3-2-6-22(21)23/h2-3,6-9,11-12,14-15,19,28H,4-5,10,13,16H2,1H3,(H2,27,29). The van der Waals surface area contributed by atoms with Gasteiger partial charge in [0.1, 0.15) is 5.82 Å². The maximum absolute atomic E-state index is 13.1. The first kappa shape index (κ1) is 20.2. The van der Waals surface area contributed by atoms with Crippen molar-refractivity contribution in [1.29, 1.82) is 0 Å². The fourth-order valence-electron chi connectivity index (χ4n) is 4.64. The van der Waals surface area contributed by atoms with E-state index in [2.05, 4.69) is 28.2 Å². The van der Waals surface area contributed by atoms with Gasteiger partial charge in [-0.3, -0.25) is 9.78 Å². The number of H-pyrrole nitrogens is 1. The van der Waals surface area contributed by atoms with Crippen molar-refractivity contribution in [3.05, 3.63) is 77.9 Å². The number of likely N-dealkylation sites (tertiary alicyclic amines) is 1. The zero-order chi connectivity index (χ0) is 22.1. The Morgan fingerprint density at radius 3 is 2.91 bits per heavy atom. The van der Waals surface area contributed by atoms with Crippen LogP contribution in [0.1, 0.15) is 35.7 Å². The van der Waals surface area contributed by atoms with Gasteiger partial charge in [0.15, 0.2) is 0 Å². The number of carbonyl (C=O) groups is 1. The van der Waals surface area contributed by atoms with E-state index in [1.165, 1.54) is 0 Å². The van der Waals surface area contributed by atoms with Crippen LogP contribution in [0.3, 0.4) is 0 Å². The fraction of sp³-hybridized carbons (Fsp3) is 0.269. The quantitative estimate of drug-likeness (QED) is 0.505. The molecule has 1 fully saturated rings. The molecule has 3 N–H and O–H groups in total. The summed E-state index contributed by atoms with van der Waals surface area (Å²) in [6.45, 7) is 3.52. The van der Waals surface area contributed by atoms with E-state index in [4.69, 9.17) is 10.7 Å². The topological polar surface area (TPSA) is 87.9 Å². The van der Waals surface area contributed by atoms with Crippen LogP contribution in [0.4, 0.5) is 5.82 Å². The van der Waals surface area contributed by atoms with Gasteiger partial charge < -0.3 is 15.6 Å². The Balaban J connectivity index is 1.34. The lowest BCUT2D eigenvalue weighted by atomic mass is 9.92. The highest BCUT2D eigenvalue weighted by molar-refractivity contribution is 5.89. The van der Waals surface area contributed by atoms with Crippen LogP contribution in [0.15, 0.2) is 60.9 Å². The van der Waals surface area contributed by atoms with Gasteiger partial charge in [-0.15, -0.1) is 0 Å². The van der Waals surface area contributed by atoms with E-state index in [-0.39, 0.29) is 11.8 Å². The number of amides is 1. The molecule has 1 saturated heterocycles. The van der Waals surface area contributed by atoms with Crippen molar-refractivity contribution in [2.75, 3.05) is 18.8 Å². The van der Waals surface area contributed by atoms with Crippen molar-refractivity contribution in [3.8, 4) is 11.1 Å². The van der Waals surface area contributed by atoms with E-state index < -0.39 is 0 Å². The number of aryl methyl sites for hydroxylation is 1. The highest BCUT2D eigenvalue weighted by atomic mass is 16.2. The van der Waals surface area contributed by atoms with Crippen LogP contribution in [-0.2, 0) is 11.2 Å². The number of rotatable bonds is 4. The Kier molecular flexibility index (Phi) is 5.35. The normalized spacial score (nSPS) is 16.4. The van der Waals surface area contributed by atoms with Gasteiger partial charge in [-0.05, 0) is 61.2 Å². The number of hydrogen-bond donors (Lipinski definition) is 2. The van der Waals surface area contributed by atoms with Crippen molar-refractivity contribution in [3.63, 3.8) is 0 Å². The van der Waals surface area contributed by atoms with Crippen LogP contribution in [-0.4, -0.2) is 38.8 Å². The van der Waals surface area contributed by atoms with Crippen molar-refractivity contribution in [2.45, 2.75) is 32.1 Å². The molecule has 0 bridgehead atoms. The Morgan fingerprint density at radius 1 is 1.19 bits per heavy atom. The molecule has 4 aromatic rings. The van der Waals surface area contributed by atoms with E-state index >= 15 is 0 Å². The molecule has 0 radical (unpaired) electrons. The molecular formula is C26H27N5O. The zero-order valence-corrected chi connectivity index (χ0v) is 18.2. The second-order valence-corrected chi connectivity index (χ2v) is 8.61. The lowest BCUT2D eigenvalue weighted by molar-refractivity contribution is -0.131. The molecule has 1 aliphatic heterocycles. The van der Waals surface area contributed by atoms with E-state index in [9.17, 15) is 4.79 Å². The Labute approximate surface area is 187 Å². The average Bonchev–Trinajstić information content (AvgIpc) is 3.22. The van der Waals surface area contributed by atoms with Crippen LogP contribution in [0.5, 0.6) is 0 Å². The minimum absolute atomic E-state index is 0.176. The summed E-state index contributed by atoms with van der Waals surface area (Å²) in [7, 11) is 0. The smallest absolute Gasteiger partial charge is 0.227 e. The third kappa shape index (κ3) is 4.08. The number of carbonyl (C=O) groups excluding carboxylic acids is 1. The number of piperidine rings is 1. The summed E-state index contributed by atoms with van der Waals surface area (Å²) in [4.78, 5) is 27.5. The summed E-state index contributed by atoms with van der Waals surface area (Å²) in [6.07, 6.45) is 6.19. The number of para-hydroxylation sites is 1. The van der Waals surface area contributed by atoms with Crippen molar-refractivity contribution in [2.24, 2.45) is 0 Å². The fourth-order valence-corrected chi connectivity index (χ4v) is 4.64. The summed E-state index contributed by atoms with van der Waals surface area (Å²) < 4.78 is 0. The highest BCUT2D eigenvalue weighted by Gasteiger charge is 2.26. The molecular weight excluding hydrogens is 398 g/mol. The predicted octanol–water partition coefficient (Wildman–Crippen LogP) is 4.46. The first-order chi connectivity index (χ1) is 15.6. The van der Waals surface area contributed by atoms with Crippen LogP contribution in [0, 0.1) is 6.92 Å².